The molecule has 26 heavy (non-hydrogen) atoms. The average Bonchev–Trinajstić information content (AvgIpc) is 3.01. The van der Waals surface area contributed by atoms with E-state index in [1.807, 2.05) is 0 Å². The van der Waals surface area contributed by atoms with Crippen LogP contribution in [0.15, 0.2) is 24.3 Å². The van der Waals surface area contributed by atoms with Crippen LogP contribution in [0.3, 0.4) is 0 Å². The molecule has 1 fully saturated rings. The van der Waals surface area contributed by atoms with Crippen LogP contribution in [-0.4, -0.2) is 34.2 Å². The van der Waals surface area contributed by atoms with Gasteiger partial charge in [0.05, 0.1) is 6.54 Å². The zero-order valence-electron chi connectivity index (χ0n) is 14.4. The SMILES string of the molecule is Cc1cc(C(=O)CN2C(=O)NC(C)(c3ccc(F)c(F)c3)C2=O)c(C)[nH]1. The summed E-state index contributed by atoms with van der Waals surface area (Å²) in [6.07, 6.45) is 0. The number of aromatic amines is 1. The molecule has 1 unspecified atom stereocenters. The van der Waals surface area contributed by atoms with Crippen LogP contribution < -0.4 is 5.32 Å². The van der Waals surface area contributed by atoms with Gasteiger partial charge in [0.15, 0.2) is 17.4 Å². The fourth-order valence-electron chi connectivity index (χ4n) is 3.09. The number of aromatic nitrogens is 1. The third-order valence-corrected chi connectivity index (χ3v) is 4.52. The molecule has 2 aromatic rings. The molecule has 0 aliphatic carbocycles. The van der Waals surface area contributed by atoms with E-state index in [2.05, 4.69) is 10.3 Å². The first-order valence-corrected chi connectivity index (χ1v) is 7.92. The number of halogens is 2. The summed E-state index contributed by atoms with van der Waals surface area (Å²) in [7, 11) is 0. The minimum absolute atomic E-state index is 0.0957. The molecule has 0 saturated carbocycles. The quantitative estimate of drug-likeness (QED) is 0.649. The number of carbonyl (C=O) groups excluding carboxylic acids is 3. The second-order valence-corrected chi connectivity index (χ2v) is 6.49. The Morgan fingerprint density at radius 2 is 1.85 bits per heavy atom. The van der Waals surface area contributed by atoms with Gasteiger partial charge in [-0.05, 0) is 44.5 Å². The van der Waals surface area contributed by atoms with Gasteiger partial charge in [-0.1, -0.05) is 6.07 Å². The van der Waals surface area contributed by atoms with Crippen LogP contribution in [0.25, 0.3) is 0 Å². The van der Waals surface area contributed by atoms with Crippen LogP contribution in [0.5, 0.6) is 0 Å². The molecule has 2 heterocycles. The van der Waals surface area contributed by atoms with E-state index in [1.54, 1.807) is 19.9 Å². The maximum atomic E-state index is 13.5. The summed E-state index contributed by atoms with van der Waals surface area (Å²) in [5, 5.41) is 2.46. The van der Waals surface area contributed by atoms with Crippen LogP contribution in [0, 0.1) is 25.5 Å². The number of benzene rings is 1. The Morgan fingerprint density at radius 1 is 1.15 bits per heavy atom. The molecule has 0 radical (unpaired) electrons. The Kier molecular flexibility index (Phi) is 4.14. The molecule has 2 N–H and O–H groups in total. The van der Waals surface area contributed by atoms with Crippen molar-refractivity contribution in [2.45, 2.75) is 26.3 Å². The monoisotopic (exact) mass is 361 g/mol. The topological polar surface area (TPSA) is 82.3 Å². The Bertz CT molecular complexity index is 938. The molecule has 136 valence electrons. The van der Waals surface area contributed by atoms with Gasteiger partial charge in [0.1, 0.15) is 5.54 Å². The van der Waals surface area contributed by atoms with Gasteiger partial charge in [0.25, 0.3) is 5.91 Å². The second kappa shape index (κ2) is 6.05. The van der Waals surface area contributed by atoms with Crippen molar-refractivity contribution >= 4 is 17.7 Å². The summed E-state index contributed by atoms with van der Waals surface area (Å²) in [4.78, 5) is 41.2. The van der Waals surface area contributed by atoms with E-state index < -0.39 is 41.4 Å². The zero-order valence-corrected chi connectivity index (χ0v) is 14.4. The van der Waals surface area contributed by atoms with E-state index in [4.69, 9.17) is 0 Å². The average molecular weight is 361 g/mol. The lowest BCUT2D eigenvalue weighted by Gasteiger charge is -2.22. The van der Waals surface area contributed by atoms with Crippen LogP contribution in [0.4, 0.5) is 13.6 Å². The number of rotatable bonds is 4. The third-order valence-electron chi connectivity index (χ3n) is 4.52. The molecule has 3 rings (SSSR count). The van der Waals surface area contributed by atoms with Crippen LogP contribution in [-0.2, 0) is 10.3 Å². The number of Topliss-reactive ketones (excluding diaryl/α,β-unsaturated/α-hetero) is 1. The van der Waals surface area contributed by atoms with Gasteiger partial charge in [-0.2, -0.15) is 0 Å². The molecule has 1 atom stereocenters. The highest BCUT2D eigenvalue weighted by Gasteiger charge is 2.49. The van der Waals surface area contributed by atoms with Crippen molar-refractivity contribution < 1.29 is 23.2 Å². The molecule has 1 aromatic carbocycles. The van der Waals surface area contributed by atoms with E-state index in [9.17, 15) is 23.2 Å². The van der Waals surface area contributed by atoms with Crippen LogP contribution >= 0.6 is 0 Å². The lowest BCUT2D eigenvalue weighted by atomic mass is 9.92. The number of hydrogen-bond donors (Lipinski definition) is 2. The smallest absolute Gasteiger partial charge is 0.325 e. The molecule has 0 spiro atoms. The number of urea groups is 1. The van der Waals surface area contributed by atoms with Gasteiger partial charge in [-0.25, -0.2) is 13.6 Å². The fourth-order valence-corrected chi connectivity index (χ4v) is 3.09. The minimum atomic E-state index is -1.57. The van der Waals surface area contributed by atoms with E-state index >= 15 is 0 Å². The normalized spacial score (nSPS) is 19.8. The first-order valence-electron chi connectivity index (χ1n) is 7.92. The largest absolute Gasteiger partial charge is 0.362 e. The van der Waals surface area contributed by atoms with Gasteiger partial charge < -0.3 is 10.3 Å². The predicted molar refractivity (Wildman–Crippen MR) is 88.6 cm³/mol. The minimum Gasteiger partial charge on any atom is -0.362 e. The summed E-state index contributed by atoms with van der Waals surface area (Å²) < 4.78 is 26.7. The van der Waals surface area contributed by atoms with Crippen molar-refractivity contribution in [2.75, 3.05) is 6.54 Å². The van der Waals surface area contributed by atoms with E-state index in [1.165, 1.54) is 13.0 Å². The van der Waals surface area contributed by atoms with Crippen LogP contribution in [0.2, 0.25) is 0 Å². The number of hydrogen-bond acceptors (Lipinski definition) is 3. The second-order valence-electron chi connectivity index (χ2n) is 6.49. The summed E-state index contributed by atoms with van der Waals surface area (Å²) in [5.41, 5.74) is 0.343. The lowest BCUT2D eigenvalue weighted by Crippen LogP contribution is -2.41. The van der Waals surface area contributed by atoms with Gasteiger partial charge in [0, 0.05) is 17.0 Å². The summed E-state index contributed by atoms with van der Waals surface area (Å²) in [6, 6.07) is 3.85. The maximum absolute atomic E-state index is 13.5. The van der Waals surface area contributed by atoms with Crippen molar-refractivity contribution in [3.05, 3.63) is 58.4 Å². The molecule has 1 aliphatic rings. The van der Waals surface area contributed by atoms with Crippen molar-refractivity contribution in [3.8, 4) is 0 Å². The summed E-state index contributed by atoms with van der Waals surface area (Å²) >= 11 is 0. The summed E-state index contributed by atoms with van der Waals surface area (Å²) in [5.74, 6) is -3.28. The highest BCUT2D eigenvalue weighted by atomic mass is 19.2. The van der Waals surface area contributed by atoms with E-state index in [-0.39, 0.29) is 5.56 Å². The highest BCUT2D eigenvalue weighted by Crippen LogP contribution is 2.30. The molecule has 1 aromatic heterocycles. The number of carbonyl (C=O) groups is 3. The number of aryl methyl sites for hydroxylation is 2. The number of nitrogens with zero attached hydrogens (tertiary/aromatic N) is 1. The molecular weight excluding hydrogens is 344 g/mol. The number of nitrogens with one attached hydrogen (secondary N) is 2. The van der Waals surface area contributed by atoms with E-state index in [0.29, 0.717) is 11.3 Å². The number of ketones is 1. The Labute approximate surface area is 148 Å². The number of imide groups is 1. The third kappa shape index (κ3) is 2.77. The Hall–Kier alpha value is -3.03. The maximum Gasteiger partial charge on any atom is 0.325 e. The molecular formula is C18H17F2N3O3. The predicted octanol–water partition coefficient (Wildman–Crippen LogP) is 2.56. The number of H-pyrrole nitrogens is 1. The van der Waals surface area contributed by atoms with Crippen molar-refractivity contribution in [2.24, 2.45) is 0 Å². The van der Waals surface area contributed by atoms with Gasteiger partial charge in [0.2, 0.25) is 0 Å². The first-order chi connectivity index (χ1) is 12.1. The standard InChI is InChI=1S/C18H17F2N3O3/c1-9-6-12(10(2)21-9)15(24)8-23-16(25)18(3,22-17(23)26)11-4-5-13(19)14(20)7-11/h4-7,21H,8H2,1-3H3,(H,22,26). The van der Waals surface area contributed by atoms with Crippen molar-refractivity contribution in [1.29, 1.82) is 0 Å². The lowest BCUT2D eigenvalue weighted by molar-refractivity contribution is -0.130. The molecule has 6 nitrogen and oxygen atoms in total. The molecule has 8 heteroatoms. The van der Waals surface area contributed by atoms with Gasteiger partial charge in [-0.3, -0.25) is 14.5 Å². The Balaban J connectivity index is 1.87. The fraction of sp³-hybridized carbons (Fsp3) is 0.278. The van der Waals surface area contributed by atoms with Crippen molar-refractivity contribution in [3.63, 3.8) is 0 Å². The zero-order chi connectivity index (χ0) is 19.2. The molecule has 0 bridgehead atoms. The molecule has 1 saturated heterocycles. The highest BCUT2D eigenvalue weighted by molar-refractivity contribution is 6.11. The first kappa shape index (κ1) is 17.8. The van der Waals surface area contributed by atoms with Crippen molar-refractivity contribution in [1.82, 2.24) is 15.2 Å². The van der Waals surface area contributed by atoms with Gasteiger partial charge in [-0.15, -0.1) is 0 Å². The number of amides is 3. The van der Waals surface area contributed by atoms with E-state index in [0.717, 1.165) is 22.7 Å². The van der Waals surface area contributed by atoms with Gasteiger partial charge >= 0.3 is 6.03 Å². The molecule has 1 aliphatic heterocycles. The Morgan fingerprint density at radius 3 is 2.42 bits per heavy atom. The summed E-state index contributed by atoms with van der Waals surface area (Å²) in [6.45, 7) is 4.45. The van der Waals surface area contributed by atoms with Crippen LogP contribution in [0.1, 0.15) is 34.2 Å². The molecule has 3 amide bonds.